The van der Waals surface area contributed by atoms with Crippen molar-refractivity contribution in [3.05, 3.63) is 82.8 Å². The second-order valence-corrected chi connectivity index (χ2v) is 10.7. The van der Waals surface area contributed by atoms with Crippen molar-refractivity contribution in [3.8, 4) is 5.75 Å². The van der Waals surface area contributed by atoms with E-state index in [0.29, 0.717) is 23.2 Å². The molecule has 2 atom stereocenters. The van der Waals surface area contributed by atoms with Gasteiger partial charge in [-0.15, -0.1) is 0 Å². The third-order valence-corrected chi connectivity index (χ3v) is 7.66. The van der Waals surface area contributed by atoms with Crippen molar-refractivity contribution in [2.24, 2.45) is 11.8 Å². The quantitative estimate of drug-likeness (QED) is 0.310. The Morgan fingerprint density at radius 2 is 2.05 bits per heavy atom. The molecule has 4 rings (SSSR count). The number of nitrogens with zero attached hydrogens (tertiary/aromatic N) is 3. The van der Waals surface area contributed by atoms with Gasteiger partial charge in [-0.3, -0.25) is 9.78 Å². The van der Waals surface area contributed by atoms with E-state index in [1.54, 1.807) is 18.5 Å². The van der Waals surface area contributed by atoms with Gasteiger partial charge < -0.3 is 15.0 Å². The van der Waals surface area contributed by atoms with Crippen molar-refractivity contribution in [2.45, 2.75) is 52.7 Å². The van der Waals surface area contributed by atoms with E-state index in [4.69, 9.17) is 21.3 Å². The fourth-order valence-electron chi connectivity index (χ4n) is 5.26. The van der Waals surface area contributed by atoms with Gasteiger partial charge in [0.2, 0.25) is 5.91 Å². The van der Waals surface area contributed by atoms with Gasteiger partial charge in [0, 0.05) is 66.9 Å². The molecule has 0 bridgehead atoms. The highest BCUT2D eigenvalue weighted by Crippen LogP contribution is 2.33. The van der Waals surface area contributed by atoms with Crippen LogP contribution < -0.4 is 10.1 Å². The molecule has 2 aromatic heterocycles. The number of aromatic nitrogens is 2. The number of rotatable bonds is 9. The average molecular weight is 533 g/mol. The number of aryl methyl sites for hydroxylation is 1. The SMILES string of the molecule is C=C/C=C(/c1cc(C)nc2c(OCc3c(Cl)cncc3CNC(=O)C3CCCCC3C)cccc12)N(C)C. The summed E-state index contributed by atoms with van der Waals surface area (Å²) >= 11 is 6.57. The van der Waals surface area contributed by atoms with E-state index in [9.17, 15) is 4.79 Å². The molecule has 1 fully saturated rings. The maximum absolute atomic E-state index is 12.9. The number of para-hydroxylation sites is 1. The molecule has 0 radical (unpaired) electrons. The number of carbonyl (C=O) groups excluding carboxylic acids is 1. The molecular formula is C31H37ClN4O2. The Balaban J connectivity index is 1.58. The van der Waals surface area contributed by atoms with E-state index in [0.717, 1.165) is 58.2 Å². The van der Waals surface area contributed by atoms with E-state index < -0.39 is 0 Å². The maximum atomic E-state index is 12.9. The van der Waals surface area contributed by atoms with Crippen LogP contribution in [0.4, 0.5) is 0 Å². The standard InChI is InChI=1S/C31H37ClN4O2/c1-6-10-28(36(4)5)25-15-21(3)35-30-24(25)13-9-14-29(30)38-19-26-22(16-33-18-27(26)32)17-34-31(37)23-12-8-7-11-20(23)2/h6,9-10,13-16,18,20,23H,1,7-8,11-12,17,19H2,2-5H3,(H,34,37)/b28-10-. The molecule has 1 N–H and O–H groups in total. The Bertz CT molecular complexity index is 1350. The summed E-state index contributed by atoms with van der Waals surface area (Å²) in [5.41, 5.74) is 5.43. The van der Waals surface area contributed by atoms with Gasteiger partial charge in [-0.05, 0) is 49.5 Å². The maximum Gasteiger partial charge on any atom is 0.223 e. The molecule has 1 amide bonds. The van der Waals surface area contributed by atoms with Crippen molar-refractivity contribution in [1.29, 1.82) is 0 Å². The lowest BCUT2D eigenvalue weighted by Gasteiger charge is -2.27. The number of halogens is 1. The molecule has 1 aliphatic carbocycles. The van der Waals surface area contributed by atoms with Crippen LogP contribution in [0.1, 0.15) is 55.0 Å². The number of hydrogen-bond acceptors (Lipinski definition) is 5. The van der Waals surface area contributed by atoms with Gasteiger partial charge in [0.25, 0.3) is 0 Å². The van der Waals surface area contributed by atoms with Crippen LogP contribution in [0.15, 0.2) is 55.4 Å². The minimum atomic E-state index is 0.0667. The lowest BCUT2D eigenvalue weighted by Crippen LogP contribution is -2.35. The van der Waals surface area contributed by atoms with E-state index in [1.807, 2.05) is 39.2 Å². The van der Waals surface area contributed by atoms with Gasteiger partial charge in [0.15, 0.2) is 0 Å². The first-order valence-electron chi connectivity index (χ1n) is 13.2. The van der Waals surface area contributed by atoms with Gasteiger partial charge in [-0.2, -0.15) is 0 Å². The van der Waals surface area contributed by atoms with Gasteiger partial charge in [-0.1, -0.05) is 56.2 Å². The third kappa shape index (κ3) is 6.18. The lowest BCUT2D eigenvalue weighted by atomic mass is 9.80. The number of amides is 1. The fourth-order valence-corrected chi connectivity index (χ4v) is 5.49. The van der Waals surface area contributed by atoms with Crippen molar-refractivity contribution < 1.29 is 9.53 Å². The predicted molar refractivity (Wildman–Crippen MR) is 155 cm³/mol. The number of allylic oxidation sites excluding steroid dienone is 2. The number of benzene rings is 1. The molecule has 0 spiro atoms. The Morgan fingerprint density at radius 1 is 1.26 bits per heavy atom. The molecule has 1 aliphatic rings. The molecule has 38 heavy (non-hydrogen) atoms. The highest BCUT2D eigenvalue weighted by Gasteiger charge is 2.27. The molecule has 1 saturated carbocycles. The minimum absolute atomic E-state index is 0.0667. The summed E-state index contributed by atoms with van der Waals surface area (Å²) in [7, 11) is 4.02. The van der Waals surface area contributed by atoms with Gasteiger partial charge >= 0.3 is 0 Å². The number of hydrogen-bond donors (Lipinski definition) is 1. The highest BCUT2D eigenvalue weighted by molar-refractivity contribution is 6.31. The molecule has 6 nitrogen and oxygen atoms in total. The first-order valence-corrected chi connectivity index (χ1v) is 13.6. The number of fused-ring (bicyclic) bond motifs is 1. The van der Waals surface area contributed by atoms with E-state index in [1.165, 1.54) is 6.42 Å². The Morgan fingerprint density at radius 3 is 2.79 bits per heavy atom. The first kappa shape index (κ1) is 27.6. The zero-order valence-electron chi connectivity index (χ0n) is 22.8. The summed E-state index contributed by atoms with van der Waals surface area (Å²) < 4.78 is 6.34. The van der Waals surface area contributed by atoms with Crippen molar-refractivity contribution in [1.82, 2.24) is 20.2 Å². The Labute approximate surface area is 230 Å². The number of ether oxygens (including phenoxy) is 1. The summed E-state index contributed by atoms with van der Waals surface area (Å²) in [6.45, 7) is 8.63. The van der Waals surface area contributed by atoms with Crippen molar-refractivity contribution in [3.63, 3.8) is 0 Å². The summed E-state index contributed by atoms with van der Waals surface area (Å²) in [5.74, 6) is 1.25. The average Bonchev–Trinajstić information content (AvgIpc) is 2.89. The summed E-state index contributed by atoms with van der Waals surface area (Å²) in [6, 6.07) is 8.03. The molecule has 0 aliphatic heterocycles. The van der Waals surface area contributed by atoms with Crippen molar-refractivity contribution in [2.75, 3.05) is 14.1 Å². The van der Waals surface area contributed by atoms with Gasteiger partial charge in [-0.25, -0.2) is 4.98 Å². The summed E-state index contributed by atoms with van der Waals surface area (Å²) in [6.07, 6.45) is 11.5. The third-order valence-electron chi connectivity index (χ3n) is 7.33. The monoisotopic (exact) mass is 532 g/mol. The fraction of sp³-hybridized carbons (Fsp3) is 0.387. The Kier molecular flexibility index (Phi) is 9.05. The van der Waals surface area contributed by atoms with Crippen LogP contribution in [0.5, 0.6) is 5.75 Å². The first-order chi connectivity index (χ1) is 18.3. The zero-order chi connectivity index (χ0) is 27.2. The number of nitrogens with one attached hydrogen (secondary N) is 1. The minimum Gasteiger partial charge on any atom is -0.487 e. The second kappa shape index (κ2) is 12.4. The second-order valence-electron chi connectivity index (χ2n) is 10.3. The normalized spacial score (nSPS) is 17.8. The smallest absolute Gasteiger partial charge is 0.223 e. The molecule has 3 aromatic rings. The summed E-state index contributed by atoms with van der Waals surface area (Å²) in [4.78, 5) is 24.0. The lowest BCUT2D eigenvalue weighted by molar-refractivity contribution is -0.127. The predicted octanol–water partition coefficient (Wildman–Crippen LogP) is 6.70. The van der Waals surface area contributed by atoms with Crippen LogP contribution in [-0.2, 0) is 17.9 Å². The molecule has 2 heterocycles. The van der Waals surface area contributed by atoms with Crippen molar-refractivity contribution >= 4 is 34.1 Å². The number of pyridine rings is 2. The van der Waals surface area contributed by atoms with Crippen LogP contribution in [0.2, 0.25) is 5.02 Å². The molecule has 2 unspecified atom stereocenters. The van der Waals surface area contributed by atoms with Crippen LogP contribution in [0, 0.1) is 18.8 Å². The topological polar surface area (TPSA) is 67.4 Å². The van der Waals surface area contributed by atoms with Gasteiger partial charge in [0.05, 0.1) is 5.02 Å². The zero-order valence-corrected chi connectivity index (χ0v) is 23.5. The van der Waals surface area contributed by atoms with E-state index >= 15 is 0 Å². The summed E-state index contributed by atoms with van der Waals surface area (Å²) in [5, 5.41) is 4.62. The van der Waals surface area contributed by atoms with Crippen LogP contribution >= 0.6 is 11.6 Å². The highest BCUT2D eigenvalue weighted by atomic mass is 35.5. The van der Waals surface area contributed by atoms with Gasteiger partial charge in [0.1, 0.15) is 17.9 Å². The molecule has 1 aromatic carbocycles. The Hall–Kier alpha value is -3.38. The number of carbonyl (C=O) groups is 1. The molecule has 0 saturated heterocycles. The molecule has 200 valence electrons. The van der Waals surface area contributed by atoms with E-state index in [-0.39, 0.29) is 18.4 Å². The molecular weight excluding hydrogens is 496 g/mol. The van der Waals surface area contributed by atoms with Crippen LogP contribution in [0.25, 0.3) is 16.6 Å². The largest absolute Gasteiger partial charge is 0.487 e. The van der Waals surface area contributed by atoms with Crippen LogP contribution in [0.3, 0.4) is 0 Å². The van der Waals surface area contributed by atoms with Crippen LogP contribution in [-0.4, -0.2) is 34.9 Å². The van der Waals surface area contributed by atoms with E-state index in [2.05, 4.69) is 40.8 Å². The molecule has 7 heteroatoms.